The topological polar surface area (TPSA) is 47.6 Å². The van der Waals surface area contributed by atoms with Crippen LogP contribution in [0.2, 0.25) is 5.02 Å². The van der Waals surface area contributed by atoms with Gasteiger partial charge < -0.3 is 14.8 Å². The fourth-order valence-electron chi connectivity index (χ4n) is 2.62. The third-order valence-electron chi connectivity index (χ3n) is 3.99. The van der Waals surface area contributed by atoms with Gasteiger partial charge in [0.25, 0.3) is 5.91 Å². The number of hydrogen-bond donors (Lipinski definition) is 1. The van der Waals surface area contributed by atoms with Gasteiger partial charge in [0.2, 0.25) is 0 Å². The van der Waals surface area contributed by atoms with Crippen molar-refractivity contribution in [1.82, 2.24) is 5.32 Å². The number of aryl methyl sites for hydroxylation is 1. The zero-order valence-corrected chi connectivity index (χ0v) is 17.0. The maximum Gasteiger partial charge on any atom is 0.261 e. The van der Waals surface area contributed by atoms with E-state index >= 15 is 0 Å². The number of nitrogens with one attached hydrogen (secondary N) is 1. The van der Waals surface area contributed by atoms with Crippen molar-refractivity contribution in [3.05, 3.63) is 59.1 Å². The Morgan fingerprint density at radius 1 is 1.00 bits per heavy atom. The zero-order valence-electron chi connectivity index (χ0n) is 16.2. The lowest BCUT2D eigenvalue weighted by molar-refractivity contribution is -0.128. The van der Waals surface area contributed by atoms with Crippen molar-refractivity contribution in [1.29, 1.82) is 0 Å². The molecule has 0 saturated heterocycles. The lowest BCUT2D eigenvalue weighted by atomic mass is 10.1. The van der Waals surface area contributed by atoms with E-state index in [2.05, 4.69) is 17.4 Å². The van der Waals surface area contributed by atoms with Crippen LogP contribution in [0, 0.1) is 0 Å². The molecule has 0 spiro atoms. The molecule has 2 aromatic carbocycles. The van der Waals surface area contributed by atoms with Gasteiger partial charge in [0.1, 0.15) is 11.5 Å². The Bertz CT molecular complexity index is 699. The highest BCUT2D eigenvalue weighted by molar-refractivity contribution is 6.30. The molecule has 146 valence electrons. The molecule has 0 aliphatic heterocycles. The highest BCUT2D eigenvalue weighted by Crippen LogP contribution is 2.18. The summed E-state index contributed by atoms with van der Waals surface area (Å²) >= 11 is 5.87. The van der Waals surface area contributed by atoms with Crippen LogP contribution in [0.3, 0.4) is 0 Å². The molecule has 1 N–H and O–H groups in total. The number of rotatable bonds is 10. The summed E-state index contributed by atoms with van der Waals surface area (Å²) in [6.45, 7) is 6.57. The van der Waals surface area contributed by atoms with E-state index in [4.69, 9.17) is 21.1 Å². The van der Waals surface area contributed by atoms with Crippen LogP contribution < -0.4 is 14.8 Å². The molecule has 1 atom stereocenters. The van der Waals surface area contributed by atoms with Gasteiger partial charge in [-0.2, -0.15) is 0 Å². The first-order valence-corrected chi connectivity index (χ1v) is 9.81. The van der Waals surface area contributed by atoms with E-state index in [-0.39, 0.29) is 12.0 Å². The summed E-state index contributed by atoms with van der Waals surface area (Å²) in [5.41, 5.74) is 1.23. The molecule has 2 rings (SSSR count). The second kappa shape index (κ2) is 10.8. The number of benzene rings is 2. The normalized spacial score (nSPS) is 11.9. The van der Waals surface area contributed by atoms with Crippen LogP contribution in [-0.4, -0.2) is 24.7 Å². The number of amides is 1. The molecule has 0 aliphatic carbocycles. The Balaban J connectivity index is 1.73. The quantitative estimate of drug-likeness (QED) is 0.579. The molecule has 1 amide bonds. The molecular formula is C22H28ClNO3. The minimum atomic E-state index is -0.501. The Kier molecular flexibility index (Phi) is 8.46. The van der Waals surface area contributed by atoms with Crippen LogP contribution in [0.25, 0.3) is 0 Å². The van der Waals surface area contributed by atoms with E-state index in [1.54, 1.807) is 24.3 Å². The molecule has 2 aromatic rings. The minimum Gasteiger partial charge on any atom is -0.491 e. The number of halogens is 1. The second-order valence-corrected chi connectivity index (χ2v) is 7.11. The van der Waals surface area contributed by atoms with Crippen LogP contribution in [-0.2, 0) is 11.2 Å². The fraction of sp³-hybridized carbons (Fsp3) is 0.409. The lowest BCUT2D eigenvalue weighted by Crippen LogP contribution is -2.38. The molecule has 0 aliphatic rings. The first kappa shape index (κ1) is 21.1. The first-order valence-electron chi connectivity index (χ1n) is 9.43. The van der Waals surface area contributed by atoms with Gasteiger partial charge in [-0.05, 0) is 75.1 Å². The Morgan fingerprint density at radius 3 is 2.19 bits per heavy atom. The largest absolute Gasteiger partial charge is 0.491 e. The summed E-state index contributed by atoms with van der Waals surface area (Å²) in [6, 6.07) is 15.1. The summed E-state index contributed by atoms with van der Waals surface area (Å²) in [7, 11) is 0. The molecule has 0 bridgehead atoms. The number of carbonyl (C=O) groups excluding carboxylic acids is 1. The molecule has 5 heteroatoms. The molecule has 1 unspecified atom stereocenters. The van der Waals surface area contributed by atoms with E-state index in [9.17, 15) is 4.79 Å². The van der Waals surface area contributed by atoms with Gasteiger partial charge in [0.15, 0.2) is 6.10 Å². The summed E-state index contributed by atoms with van der Waals surface area (Å²) < 4.78 is 11.4. The third kappa shape index (κ3) is 7.51. The highest BCUT2D eigenvalue weighted by atomic mass is 35.5. The monoisotopic (exact) mass is 389 g/mol. The highest BCUT2D eigenvalue weighted by Gasteiger charge is 2.17. The van der Waals surface area contributed by atoms with Crippen LogP contribution >= 0.6 is 11.6 Å². The number of ether oxygens (including phenoxy) is 2. The van der Waals surface area contributed by atoms with Crippen LogP contribution in [0.15, 0.2) is 48.5 Å². The predicted molar refractivity (Wildman–Crippen MR) is 110 cm³/mol. The van der Waals surface area contributed by atoms with Gasteiger partial charge in [-0.3, -0.25) is 4.79 Å². The summed E-state index contributed by atoms with van der Waals surface area (Å²) in [5.74, 6) is 1.44. The molecule has 0 heterocycles. The van der Waals surface area contributed by atoms with Crippen LogP contribution in [0.5, 0.6) is 11.5 Å². The van der Waals surface area contributed by atoms with Gasteiger partial charge in [0.05, 0.1) is 6.10 Å². The smallest absolute Gasteiger partial charge is 0.261 e. The van der Waals surface area contributed by atoms with Gasteiger partial charge in [0, 0.05) is 11.6 Å². The van der Waals surface area contributed by atoms with E-state index in [1.807, 2.05) is 32.9 Å². The van der Waals surface area contributed by atoms with Crippen molar-refractivity contribution >= 4 is 17.5 Å². The Hall–Kier alpha value is -2.20. The molecular weight excluding hydrogens is 362 g/mol. The molecule has 0 radical (unpaired) electrons. The van der Waals surface area contributed by atoms with Crippen molar-refractivity contribution in [2.45, 2.75) is 52.2 Å². The summed E-state index contributed by atoms with van der Waals surface area (Å²) in [4.78, 5) is 12.3. The minimum absolute atomic E-state index is 0.0897. The molecule has 0 fully saturated rings. The van der Waals surface area contributed by atoms with Crippen molar-refractivity contribution in [2.24, 2.45) is 0 Å². The predicted octanol–water partition coefficient (Wildman–Crippen LogP) is 5.03. The van der Waals surface area contributed by atoms with Gasteiger partial charge >= 0.3 is 0 Å². The molecule has 0 saturated carbocycles. The Labute approximate surface area is 166 Å². The molecule has 27 heavy (non-hydrogen) atoms. The first-order chi connectivity index (χ1) is 13.0. The molecule has 0 aromatic heterocycles. The Morgan fingerprint density at radius 2 is 1.59 bits per heavy atom. The third-order valence-corrected chi connectivity index (χ3v) is 4.24. The maximum atomic E-state index is 12.3. The van der Waals surface area contributed by atoms with Crippen molar-refractivity contribution in [2.75, 3.05) is 6.54 Å². The van der Waals surface area contributed by atoms with Crippen molar-refractivity contribution in [3.8, 4) is 11.5 Å². The average Bonchev–Trinajstić information content (AvgIpc) is 2.65. The number of carbonyl (C=O) groups is 1. The van der Waals surface area contributed by atoms with Crippen molar-refractivity contribution in [3.63, 3.8) is 0 Å². The second-order valence-electron chi connectivity index (χ2n) is 6.67. The average molecular weight is 390 g/mol. The lowest BCUT2D eigenvalue weighted by Gasteiger charge is -2.17. The van der Waals surface area contributed by atoms with Crippen molar-refractivity contribution < 1.29 is 14.3 Å². The van der Waals surface area contributed by atoms with Crippen LogP contribution in [0.4, 0.5) is 0 Å². The van der Waals surface area contributed by atoms with Gasteiger partial charge in [-0.15, -0.1) is 0 Å². The van der Waals surface area contributed by atoms with Gasteiger partial charge in [-0.1, -0.05) is 30.7 Å². The van der Waals surface area contributed by atoms with E-state index in [1.165, 1.54) is 5.56 Å². The van der Waals surface area contributed by atoms with Gasteiger partial charge in [-0.25, -0.2) is 0 Å². The summed E-state index contributed by atoms with van der Waals surface area (Å²) in [6.07, 6.45) is 2.04. The van der Waals surface area contributed by atoms with E-state index in [0.29, 0.717) is 23.7 Å². The fourth-order valence-corrected chi connectivity index (χ4v) is 2.75. The van der Waals surface area contributed by atoms with Crippen LogP contribution in [0.1, 0.15) is 39.2 Å². The maximum absolute atomic E-state index is 12.3. The molecule has 4 nitrogen and oxygen atoms in total. The number of hydrogen-bond acceptors (Lipinski definition) is 3. The standard InChI is InChI=1S/C22H28ClNO3/c1-4-21(27-20-13-9-18(23)10-14-20)22(25)24-15-5-6-17-7-11-19(12-8-17)26-16(2)3/h7-14,16,21H,4-6,15H2,1-3H3,(H,24,25). The summed E-state index contributed by atoms with van der Waals surface area (Å²) in [5, 5.41) is 3.60. The SMILES string of the molecule is CCC(Oc1ccc(Cl)cc1)C(=O)NCCCc1ccc(OC(C)C)cc1. The van der Waals surface area contributed by atoms with E-state index in [0.717, 1.165) is 18.6 Å². The zero-order chi connectivity index (χ0) is 19.6. The van der Waals surface area contributed by atoms with E-state index < -0.39 is 6.10 Å².